The summed E-state index contributed by atoms with van der Waals surface area (Å²) in [6.45, 7) is 0.280. The van der Waals surface area contributed by atoms with Crippen LogP contribution in [0.5, 0.6) is 0 Å². The number of hydrogen-bond acceptors (Lipinski definition) is 4. The molecule has 3 heterocycles. The molecule has 6 nitrogen and oxygen atoms in total. The Morgan fingerprint density at radius 2 is 1.66 bits per heavy atom. The lowest BCUT2D eigenvalue weighted by atomic mass is 9.77. The van der Waals surface area contributed by atoms with Gasteiger partial charge < -0.3 is 14.5 Å². The summed E-state index contributed by atoms with van der Waals surface area (Å²) in [6, 6.07) is 2.59. The lowest BCUT2D eigenvalue weighted by Gasteiger charge is -2.53. The van der Waals surface area contributed by atoms with Crippen LogP contribution in [0.4, 0.5) is 13.2 Å². The predicted octanol–water partition coefficient (Wildman–Crippen LogP) is 4.68. The van der Waals surface area contributed by atoms with Crippen LogP contribution in [-0.2, 0) is 20.9 Å². The Hall–Kier alpha value is -1.84. The summed E-state index contributed by atoms with van der Waals surface area (Å²) in [5.74, 6) is -2.93. The van der Waals surface area contributed by atoms with Gasteiger partial charge in [0.25, 0.3) is 0 Å². The summed E-state index contributed by atoms with van der Waals surface area (Å²) in [7, 11) is 0. The van der Waals surface area contributed by atoms with E-state index in [0.29, 0.717) is 18.8 Å². The molecule has 5 rings (SSSR count). The fourth-order valence-corrected chi connectivity index (χ4v) is 7.02. The first-order chi connectivity index (χ1) is 18.3. The Morgan fingerprint density at radius 3 is 2.26 bits per heavy atom. The van der Waals surface area contributed by atoms with Gasteiger partial charge in [-0.05, 0) is 30.5 Å². The molecular weight excluding hydrogens is 519 g/mol. The van der Waals surface area contributed by atoms with Crippen molar-refractivity contribution in [3.8, 4) is 0 Å². The largest absolute Gasteiger partial charge is 0.380 e. The van der Waals surface area contributed by atoms with Crippen molar-refractivity contribution in [3.05, 3.63) is 35.4 Å². The Labute approximate surface area is 227 Å². The van der Waals surface area contributed by atoms with Crippen LogP contribution in [0, 0.1) is 17.6 Å². The van der Waals surface area contributed by atoms with E-state index in [1.807, 2.05) is 0 Å². The highest BCUT2D eigenvalue weighted by Gasteiger charge is 2.53. The number of benzene rings is 1. The first-order valence-corrected chi connectivity index (χ1v) is 14.4. The van der Waals surface area contributed by atoms with Gasteiger partial charge in [-0.25, -0.2) is 13.2 Å². The molecule has 0 bridgehead atoms. The topological polar surface area (TPSA) is 61.9 Å². The predicted molar refractivity (Wildman–Crippen MR) is 137 cm³/mol. The molecule has 4 atom stereocenters. The highest BCUT2D eigenvalue weighted by Crippen LogP contribution is 2.40. The molecule has 210 valence electrons. The van der Waals surface area contributed by atoms with E-state index in [2.05, 4.69) is 5.32 Å². The summed E-state index contributed by atoms with van der Waals surface area (Å²) >= 11 is 6.83. The molecule has 0 radical (unpaired) electrons. The first kappa shape index (κ1) is 27.7. The van der Waals surface area contributed by atoms with E-state index < -0.39 is 40.9 Å². The third-order valence-electron chi connectivity index (χ3n) is 8.84. The molecule has 4 aliphatic rings. The number of carbonyl (C=O) groups is 2. The van der Waals surface area contributed by atoms with Gasteiger partial charge in [-0.3, -0.25) is 14.9 Å². The second-order valence-electron chi connectivity index (χ2n) is 11.4. The van der Waals surface area contributed by atoms with E-state index in [1.54, 1.807) is 0 Å². The molecular formula is C28H37ClF3N3O3. The highest BCUT2D eigenvalue weighted by atomic mass is 35.5. The molecule has 1 spiro atoms. The van der Waals surface area contributed by atoms with Crippen LogP contribution < -0.4 is 5.32 Å². The number of alkyl halides is 2. The summed E-state index contributed by atoms with van der Waals surface area (Å²) in [5.41, 5.74) is -0.110. The smallest absolute Gasteiger partial charge is 0.247 e. The van der Waals surface area contributed by atoms with E-state index >= 15 is 4.39 Å². The number of nitrogens with one attached hydrogen (secondary N) is 1. The third-order valence-corrected chi connectivity index (χ3v) is 9.43. The second kappa shape index (κ2) is 11.7. The van der Waals surface area contributed by atoms with Crippen molar-refractivity contribution in [2.75, 3.05) is 19.8 Å². The molecule has 10 heteroatoms. The number of nitrogens with zero attached hydrogens (tertiary/aromatic N) is 2. The maximum Gasteiger partial charge on any atom is 0.247 e. The number of piperidine rings is 1. The molecule has 3 aliphatic heterocycles. The SMILES string of the molecule is O=C1C(C2COC2)N(Cc2ccc(F)c(F)c2)C(=O)CN1C1NC2(CCCCCCCCC2)C(Cl)CC1F. The van der Waals surface area contributed by atoms with E-state index in [4.69, 9.17) is 16.3 Å². The van der Waals surface area contributed by atoms with Gasteiger partial charge in [-0.1, -0.05) is 51.0 Å². The average Bonchev–Trinajstić information content (AvgIpc) is 2.86. The zero-order valence-corrected chi connectivity index (χ0v) is 22.4. The Bertz CT molecular complexity index is 1020. The van der Waals surface area contributed by atoms with Crippen molar-refractivity contribution in [2.45, 2.75) is 100 Å². The quantitative estimate of drug-likeness (QED) is 0.548. The minimum atomic E-state index is -1.41. The molecule has 3 saturated heterocycles. The van der Waals surface area contributed by atoms with Crippen molar-refractivity contribution < 1.29 is 27.5 Å². The number of piperazine rings is 1. The molecule has 38 heavy (non-hydrogen) atoms. The zero-order valence-electron chi connectivity index (χ0n) is 21.6. The number of hydrogen-bond donors (Lipinski definition) is 1. The maximum absolute atomic E-state index is 15.6. The number of amides is 2. The molecule has 1 aliphatic carbocycles. The van der Waals surface area contributed by atoms with Gasteiger partial charge in [0, 0.05) is 24.4 Å². The molecule has 4 fully saturated rings. The van der Waals surface area contributed by atoms with Crippen molar-refractivity contribution in [3.63, 3.8) is 0 Å². The maximum atomic E-state index is 15.6. The van der Waals surface area contributed by atoms with E-state index in [0.717, 1.165) is 50.7 Å². The molecule has 1 aromatic carbocycles. The number of rotatable bonds is 4. The van der Waals surface area contributed by atoms with Crippen LogP contribution in [0.25, 0.3) is 0 Å². The van der Waals surface area contributed by atoms with Crippen molar-refractivity contribution in [1.82, 2.24) is 15.1 Å². The number of carbonyl (C=O) groups excluding carboxylic acids is 2. The van der Waals surface area contributed by atoms with Crippen LogP contribution in [0.1, 0.15) is 69.8 Å². The summed E-state index contributed by atoms with van der Waals surface area (Å²) in [6.07, 6.45) is 7.13. The first-order valence-electron chi connectivity index (χ1n) is 14.0. The van der Waals surface area contributed by atoms with Crippen LogP contribution >= 0.6 is 11.6 Å². The minimum Gasteiger partial charge on any atom is -0.380 e. The zero-order chi connectivity index (χ0) is 26.9. The van der Waals surface area contributed by atoms with Crippen molar-refractivity contribution in [2.24, 2.45) is 5.92 Å². The Morgan fingerprint density at radius 1 is 1.00 bits per heavy atom. The van der Waals surface area contributed by atoms with Gasteiger partial charge in [0.2, 0.25) is 11.8 Å². The van der Waals surface area contributed by atoms with Gasteiger partial charge in [-0.2, -0.15) is 0 Å². The second-order valence-corrected chi connectivity index (χ2v) is 11.9. The fourth-order valence-electron chi connectivity index (χ4n) is 6.57. The molecule has 1 saturated carbocycles. The van der Waals surface area contributed by atoms with Gasteiger partial charge in [0.1, 0.15) is 24.9 Å². The van der Waals surface area contributed by atoms with E-state index in [-0.39, 0.29) is 37.2 Å². The van der Waals surface area contributed by atoms with Gasteiger partial charge in [0.15, 0.2) is 11.6 Å². The normalized spacial score (nSPS) is 31.4. The van der Waals surface area contributed by atoms with Crippen LogP contribution in [-0.4, -0.2) is 70.7 Å². The minimum absolute atomic E-state index is 0.0401. The summed E-state index contributed by atoms with van der Waals surface area (Å²) in [4.78, 5) is 30.2. The molecule has 1 N–H and O–H groups in total. The monoisotopic (exact) mass is 555 g/mol. The molecule has 1 aromatic rings. The van der Waals surface area contributed by atoms with Crippen LogP contribution in [0.3, 0.4) is 0 Å². The fraction of sp³-hybridized carbons (Fsp3) is 0.714. The van der Waals surface area contributed by atoms with Crippen molar-refractivity contribution >= 4 is 23.4 Å². The molecule has 0 aromatic heterocycles. The lowest BCUT2D eigenvalue weighted by molar-refractivity contribution is -0.174. The standard InChI is InChI=1S/C28H37ClF3N3O3/c29-23-13-22(32)26(33-28(23)10-6-4-2-1-3-5-7-11-28)35-15-24(36)34(25(27(35)37)19-16-38-17-19)14-18-8-9-20(30)21(31)12-18/h8-9,12,19,22-23,25-26,33H,1-7,10-11,13-17H2. The Balaban J connectivity index is 1.39. The third kappa shape index (κ3) is 5.56. The van der Waals surface area contributed by atoms with Gasteiger partial charge >= 0.3 is 0 Å². The average molecular weight is 556 g/mol. The van der Waals surface area contributed by atoms with Gasteiger partial charge in [-0.15, -0.1) is 11.6 Å². The summed E-state index contributed by atoms with van der Waals surface area (Å²) in [5, 5.41) is 3.09. The number of halogens is 4. The molecule has 4 unspecified atom stereocenters. The van der Waals surface area contributed by atoms with E-state index in [1.165, 1.54) is 35.1 Å². The van der Waals surface area contributed by atoms with E-state index in [9.17, 15) is 18.4 Å². The van der Waals surface area contributed by atoms with Crippen LogP contribution in [0.2, 0.25) is 0 Å². The van der Waals surface area contributed by atoms with Crippen LogP contribution in [0.15, 0.2) is 18.2 Å². The van der Waals surface area contributed by atoms with Crippen molar-refractivity contribution in [1.29, 1.82) is 0 Å². The number of ether oxygens (including phenoxy) is 1. The van der Waals surface area contributed by atoms with Gasteiger partial charge in [0.05, 0.1) is 18.6 Å². The lowest BCUT2D eigenvalue weighted by Crippen LogP contribution is -2.74. The molecule has 2 amide bonds. The highest BCUT2D eigenvalue weighted by molar-refractivity contribution is 6.21. The summed E-state index contributed by atoms with van der Waals surface area (Å²) < 4.78 is 48.3. The Kier molecular flexibility index (Phi) is 8.55.